The Kier molecular flexibility index (Phi) is 3.60. The highest BCUT2D eigenvalue weighted by Gasteiger charge is 2.42. The summed E-state index contributed by atoms with van der Waals surface area (Å²) in [5, 5.41) is 15.4. The molecule has 1 fully saturated rings. The fourth-order valence-corrected chi connectivity index (χ4v) is 2.86. The quantitative estimate of drug-likeness (QED) is 0.614. The maximum absolute atomic E-state index is 12.0. The van der Waals surface area contributed by atoms with Gasteiger partial charge in [0, 0.05) is 31.8 Å². The SMILES string of the molecule is CN1CCC(O)(C#Cc2cccc(-n3cc4c(N)ncnc4n3)c2)C1=O. The van der Waals surface area contributed by atoms with Gasteiger partial charge >= 0.3 is 0 Å². The number of anilines is 1. The summed E-state index contributed by atoms with van der Waals surface area (Å²) in [6, 6.07) is 7.31. The predicted molar refractivity (Wildman–Crippen MR) is 95.2 cm³/mol. The molecule has 1 aromatic carbocycles. The van der Waals surface area contributed by atoms with Gasteiger partial charge in [-0.1, -0.05) is 17.9 Å². The molecule has 8 nitrogen and oxygen atoms in total. The molecule has 1 unspecified atom stereocenters. The minimum Gasteiger partial charge on any atom is -0.383 e. The maximum Gasteiger partial charge on any atom is 0.267 e. The molecule has 3 heterocycles. The second-order valence-corrected chi connectivity index (χ2v) is 6.21. The van der Waals surface area contributed by atoms with Crippen molar-refractivity contribution in [2.75, 3.05) is 19.3 Å². The molecule has 0 aliphatic carbocycles. The molecular weight excluding hydrogens is 332 g/mol. The van der Waals surface area contributed by atoms with Crippen molar-refractivity contribution < 1.29 is 9.90 Å². The average Bonchev–Trinajstić information content (AvgIpc) is 3.19. The third kappa shape index (κ3) is 2.64. The van der Waals surface area contributed by atoms with Crippen LogP contribution in [-0.4, -0.2) is 54.9 Å². The van der Waals surface area contributed by atoms with Crippen LogP contribution in [0, 0.1) is 11.8 Å². The lowest BCUT2D eigenvalue weighted by Crippen LogP contribution is -2.37. The van der Waals surface area contributed by atoms with E-state index in [9.17, 15) is 9.90 Å². The lowest BCUT2D eigenvalue weighted by molar-refractivity contribution is -0.137. The number of aliphatic hydroxyl groups is 1. The van der Waals surface area contributed by atoms with Crippen LogP contribution in [0.15, 0.2) is 36.8 Å². The van der Waals surface area contributed by atoms with E-state index in [1.54, 1.807) is 24.0 Å². The summed E-state index contributed by atoms with van der Waals surface area (Å²) in [5.41, 5.74) is 6.15. The van der Waals surface area contributed by atoms with Crippen molar-refractivity contribution in [3.05, 3.63) is 42.4 Å². The highest BCUT2D eigenvalue weighted by atomic mass is 16.3. The standard InChI is InChI=1S/C18H16N6O2/c1-23-8-7-18(26,17(23)25)6-5-12-3-2-4-13(9-12)24-10-14-15(19)20-11-21-16(14)22-24/h2-4,9-11,26H,7-8H2,1H3,(H2,19,20,21,22). The van der Waals surface area contributed by atoms with E-state index in [0.29, 0.717) is 35.4 Å². The van der Waals surface area contributed by atoms with Gasteiger partial charge in [0.25, 0.3) is 5.91 Å². The highest BCUT2D eigenvalue weighted by molar-refractivity contribution is 5.90. The van der Waals surface area contributed by atoms with E-state index in [2.05, 4.69) is 26.9 Å². The van der Waals surface area contributed by atoms with E-state index >= 15 is 0 Å². The Morgan fingerprint density at radius 1 is 1.35 bits per heavy atom. The molecule has 1 aliphatic heterocycles. The number of fused-ring (bicyclic) bond motifs is 1. The summed E-state index contributed by atoms with van der Waals surface area (Å²) < 4.78 is 1.64. The molecule has 2 aromatic heterocycles. The van der Waals surface area contributed by atoms with Gasteiger partial charge in [-0.3, -0.25) is 4.79 Å². The fourth-order valence-electron chi connectivity index (χ4n) is 2.86. The van der Waals surface area contributed by atoms with Gasteiger partial charge in [-0.2, -0.15) is 0 Å². The van der Waals surface area contributed by atoms with E-state index in [-0.39, 0.29) is 5.91 Å². The number of likely N-dealkylation sites (tertiary alicyclic amines) is 1. The van der Waals surface area contributed by atoms with Gasteiger partial charge < -0.3 is 15.7 Å². The third-order valence-corrected chi connectivity index (χ3v) is 4.38. The van der Waals surface area contributed by atoms with Crippen molar-refractivity contribution in [2.24, 2.45) is 0 Å². The summed E-state index contributed by atoms with van der Waals surface area (Å²) >= 11 is 0. The van der Waals surface area contributed by atoms with Gasteiger partial charge in [0.2, 0.25) is 5.60 Å². The highest BCUT2D eigenvalue weighted by Crippen LogP contribution is 2.21. The first kappa shape index (κ1) is 16.1. The second-order valence-electron chi connectivity index (χ2n) is 6.21. The van der Waals surface area contributed by atoms with Gasteiger partial charge in [0.05, 0.1) is 11.1 Å². The number of rotatable bonds is 1. The summed E-state index contributed by atoms with van der Waals surface area (Å²) in [4.78, 5) is 21.5. The minimum atomic E-state index is -1.62. The minimum absolute atomic E-state index is 0.303. The number of nitrogens with two attached hydrogens (primary N) is 1. The maximum atomic E-state index is 12.0. The summed E-state index contributed by atoms with van der Waals surface area (Å²) in [6.07, 6.45) is 3.42. The van der Waals surface area contributed by atoms with Crippen LogP contribution in [0.5, 0.6) is 0 Å². The molecule has 0 saturated carbocycles. The van der Waals surface area contributed by atoms with Crippen LogP contribution < -0.4 is 5.73 Å². The summed E-state index contributed by atoms with van der Waals surface area (Å²) in [7, 11) is 1.65. The van der Waals surface area contributed by atoms with Gasteiger partial charge in [-0.15, -0.1) is 5.10 Å². The number of likely N-dealkylation sites (N-methyl/N-ethyl adjacent to an activating group) is 1. The first-order chi connectivity index (χ1) is 12.5. The zero-order valence-electron chi connectivity index (χ0n) is 14.0. The molecule has 3 N–H and O–H groups in total. The Labute approximate surface area is 149 Å². The number of aromatic nitrogens is 4. The van der Waals surface area contributed by atoms with Crippen LogP contribution in [0.1, 0.15) is 12.0 Å². The molecule has 3 aromatic rings. The Bertz CT molecular complexity index is 1080. The average molecular weight is 348 g/mol. The van der Waals surface area contributed by atoms with Crippen LogP contribution in [-0.2, 0) is 4.79 Å². The monoisotopic (exact) mass is 348 g/mol. The zero-order chi connectivity index (χ0) is 18.3. The van der Waals surface area contributed by atoms with Gasteiger partial charge in [0.15, 0.2) is 5.65 Å². The first-order valence-electron chi connectivity index (χ1n) is 8.04. The molecule has 26 heavy (non-hydrogen) atoms. The molecule has 4 rings (SSSR count). The van der Waals surface area contributed by atoms with E-state index in [1.165, 1.54) is 11.2 Å². The van der Waals surface area contributed by atoms with Crippen LogP contribution >= 0.6 is 0 Å². The molecule has 1 atom stereocenters. The number of hydrogen-bond acceptors (Lipinski definition) is 6. The first-order valence-corrected chi connectivity index (χ1v) is 8.04. The van der Waals surface area contributed by atoms with Crippen molar-refractivity contribution in [2.45, 2.75) is 12.0 Å². The van der Waals surface area contributed by atoms with E-state index in [0.717, 1.165) is 5.69 Å². The number of benzene rings is 1. The van der Waals surface area contributed by atoms with Gasteiger partial charge in [-0.25, -0.2) is 14.6 Å². The molecule has 130 valence electrons. The predicted octanol–water partition coefficient (Wildman–Crippen LogP) is 0.342. The number of nitrogen functional groups attached to an aromatic ring is 1. The van der Waals surface area contributed by atoms with Crippen molar-refractivity contribution in [1.29, 1.82) is 0 Å². The molecule has 1 saturated heterocycles. The fraction of sp³-hybridized carbons (Fsp3) is 0.222. The van der Waals surface area contributed by atoms with Gasteiger partial charge in [-0.05, 0) is 18.2 Å². The van der Waals surface area contributed by atoms with Crippen molar-refractivity contribution >= 4 is 22.8 Å². The van der Waals surface area contributed by atoms with Crippen LogP contribution in [0.4, 0.5) is 5.82 Å². The summed E-state index contributed by atoms with van der Waals surface area (Å²) in [5.74, 6) is 5.60. The van der Waals surface area contributed by atoms with Gasteiger partial charge in [0.1, 0.15) is 12.1 Å². The molecular formula is C18H16N6O2. The third-order valence-electron chi connectivity index (χ3n) is 4.38. The van der Waals surface area contributed by atoms with E-state index < -0.39 is 5.60 Å². The number of amides is 1. The van der Waals surface area contributed by atoms with E-state index in [4.69, 9.17) is 5.73 Å². The normalized spacial score (nSPS) is 19.6. The van der Waals surface area contributed by atoms with Crippen molar-refractivity contribution in [1.82, 2.24) is 24.6 Å². The number of carbonyl (C=O) groups excluding carboxylic acids is 1. The smallest absolute Gasteiger partial charge is 0.267 e. The Balaban J connectivity index is 1.68. The van der Waals surface area contributed by atoms with Crippen LogP contribution in [0.25, 0.3) is 16.7 Å². The topological polar surface area (TPSA) is 110 Å². The second kappa shape index (κ2) is 5.82. The Hall–Kier alpha value is -3.44. The van der Waals surface area contributed by atoms with Crippen molar-refractivity contribution in [3.63, 3.8) is 0 Å². The lowest BCUT2D eigenvalue weighted by Gasteiger charge is -2.13. The molecule has 0 bridgehead atoms. The Morgan fingerprint density at radius 2 is 2.19 bits per heavy atom. The van der Waals surface area contributed by atoms with Crippen LogP contribution in [0.2, 0.25) is 0 Å². The Morgan fingerprint density at radius 3 is 2.92 bits per heavy atom. The molecule has 0 spiro atoms. The molecule has 1 amide bonds. The lowest BCUT2D eigenvalue weighted by atomic mass is 10.0. The largest absolute Gasteiger partial charge is 0.383 e. The molecule has 0 radical (unpaired) electrons. The summed E-state index contributed by atoms with van der Waals surface area (Å²) in [6.45, 7) is 0.492. The van der Waals surface area contributed by atoms with Crippen LogP contribution in [0.3, 0.4) is 0 Å². The number of carbonyl (C=O) groups is 1. The number of hydrogen-bond donors (Lipinski definition) is 2. The molecule has 8 heteroatoms. The number of nitrogens with zero attached hydrogens (tertiary/aromatic N) is 5. The molecule has 1 aliphatic rings. The van der Waals surface area contributed by atoms with E-state index in [1.807, 2.05) is 18.2 Å². The zero-order valence-corrected chi connectivity index (χ0v) is 14.0. The van der Waals surface area contributed by atoms with Crippen molar-refractivity contribution in [3.8, 4) is 17.5 Å².